The summed E-state index contributed by atoms with van der Waals surface area (Å²) in [5.74, 6) is 0. The third-order valence-electron chi connectivity index (χ3n) is 2.25. The Kier molecular flexibility index (Phi) is 2.23. The first-order chi connectivity index (χ1) is 6.79. The second-order valence-corrected chi connectivity index (χ2v) is 3.39. The van der Waals surface area contributed by atoms with Crippen LogP contribution in [-0.2, 0) is 0 Å². The van der Waals surface area contributed by atoms with Crippen LogP contribution in [-0.4, -0.2) is 4.57 Å². The minimum atomic E-state index is 1.09. The Morgan fingerprint density at radius 3 is 2.36 bits per heavy atom. The molecule has 70 valence electrons. The summed E-state index contributed by atoms with van der Waals surface area (Å²) in [4.78, 5) is 0. The van der Waals surface area contributed by atoms with Gasteiger partial charge >= 0.3 is 0 Å². The number of nitrogens with zero attached hydrogens (tertiary/aromatic N) is 1. The zero-order valence-corrected chi connectivity index (χ0v) is 8.27. The Morgan fingerprint density at radius 2 is 1.71 bits per heavy atom. The molecule has 1 nitrogen and oxygen atoms in total. The molecule has 0 aliphatic rings. The summed E-state index contributed by atoms with van der Waals surface area (Å²) in [6.07, 6.45) is 4.09. The van der Waals surface area contributed by atoms with Crippen LogP contribution in [0.25, 0.3) is 11.3 Å². The molecule has 0 saturated carbocycles. The van der Waals surface area contributed by atoms with Crippen LogP contribution in [0.3, 0.4) is 0 Å². The van der Waals surface area contributed by atoms with Crippen LogP contribution in [0.1, 0.15) is 12.5 Å². The van der Waals surface area contributed by atoms with Crippen molar-refractivity contribution in [2.75, 3.05) is 0 Å². The second-order valence-electron chi connectivity index (χ2n) is 3.39. The molecule has 0 aliphatic heterocycles. The van der Waals surface area contributed by atoms with E-state index in [2.05, 4.69) is 23.3 Å². The molecule has 0 atom stereocenters. The number of allylic oxidation sites excluding steroid dienone is 1. The fourth-order valence-electron chi connectivity index (χ4n) is 1.55. The van der Waals surface area contributed by atoms with Gasteiger partial charge in [-0.1, -0.05) is 24.8 Å². The summed E-state index contributed by atoms with van der Waals surface area (Å²) in [6.45, 7) is 6.01. The van der Waals surface area contributed by atoms with Gasteiger partial charge in [0.15, 0.2) is 0 Å². The van der Waals surface area contributed by atoms with Gasteiger partial charge in [0.1, 0.15) is 0 Å². The quantitative estimate of drug-likeness (QED) is 0.671. The first-order valence-electron chi connectivity index (χ1n) is 4.67. The van der Waals surface area contributed by atoms with E-state index in [0.717, 1.165) is 5.57 Å². The van der Waals surface area contributed by atoms with Crippen molar-refractivity contribution in [3.05, 3.63) is 60.9 Å². The van der Waals surface area contributed by atoms with Crippen molar-refractivity contribution >= 4 is 5.57 Å². The van der Waals surface area contributed by atoms with Gasteiger partial charge in [-0.05, 0) is 30.7 Å². The Labute approximate surface area is 84.3 Å². The smallest absolute Gasteiger partial charge is 0.0524 e. The van der Waals surface area contributed by atoms with E-state index in [9.17, 15) is 0 Å². The number of benzene rings is 1. The van der Waals surface area contributed by atoms with Gasteiger partial charge in [0.05, 0.1) is 5.69 Å². The fourth-order valence-corrected chi connectivity index (χ4v) is 1.55. The van der Waals surface area contributed by atoms with E-state index in [4.69, 9.17) is 0 Å². The molecule has 1 aromatic heterocycles. The molecular formula is C13H13N. The third kappa shape index (κ3) is 1.49. The Morgan fingerprint density at radius 1 is 1.07 bits per heavy atom. The van der Waals surface area contributed by atoms with E-state index in [1.807, 2.05) is 43.6 Å². The van der Waals surface area contributed by atoms with Crippen molar-refractivity contribution in [2.45, 2.75) is 6.92 Å². The minimum Gasteiger partial charge on any atom is -0.323 e. The highest BCUT2D eigenvalue weighted by molar-refractivity contribution is 5.69. The third-order valence-corrected chi connectivity index (χ3v) is 2.25. The Balaban J connectivity index is 2.58. The molecule has 0 spiro atoms. The first kappa shape index (κ1) is 8.82. The number of hydrogen-bond acceptors (Lipinski definition) is 0. The van der Waals surface area contributed by atoms with E-state index < -0.39 is 0 Å². The summed E-state index contributed by atoms with van der Waals surface area (Å²) in [6, 6.07) is 12.3. The van der Waals surface area contributed by atoms with Crippen LogP contribution in [0.5, 0.6) is 0 Å². The predicted molar refractivity (Wildman–Crippen MR) is 60.5 cm³/mol. The minimum absolute atomic E-state index is 1.09. The number of hydrogen-bond donors (Lipinski definition) is 0. The lowest BCUT2D eigenvalue weighted by molar-refractivity contribution is 1.07. The number of para-hydroxylation sites is 1. The number of aromatic nitrogens is 1. The van der Waals surface area contributed by atoms with E-state index in [1.165, 1.54) is 11.3 Å². The van der Waals surface area contributed by atoms with Crippen molar-refractivity contribution in [2.24, 2.45) is 0 Å². The van der Waals surface area contributed by atoms with Crippen molar-refractivity contribution in [3.8, 4) is 5.69 Å². The SMILES string of the molecule is C=C(C)c1ccccc1-n1cccc1. The molecule has 1 heteroatoms. The highest BCUT2D eigenvalue weighted by Crippen LogP contribution is 2.20. The molecule has 0 fully saturated rings. The van der Waals surface area contributed by atoms with Gasteiger partial charge in [-0.25, -0.2) is 0 Å². The van der Waals surface area contributed by atoms with Gasteiger partial charge in [-0.3, -0.25) is 0 Å². The molecule has 1 aromatic carbocycles. The van der Waals surface area contributed by atoms with Crippen LogP contribution >= 0.6 is 0 Å². The molecule has 0 amide bonds. The maximum Gasteiger partial charge on any atom is 0.0524 e. The van der Waals surface area contributed by atoms with E-state index in [1.54, 1.807) is 0 Å². The van der Waals surface area contributed by atoms with Crippen LogP contribution in [0.2, 0.25) is 0 Å². The van der Waals surface area contributed by atoms with Gasteiger partial charge in [-0.15, -0.1) is 0 Å². The zero-order chi connectivity index (χ0) is 9.97. The highest BCUT2D eigenvalue weighted by Gasteiger charge is 2.02. The zero-order valence-electron chi connectivity index (χ0n) is 8.27. The fraction of sp³-hybridized carbons (Fsp3) is 0.0769. The monoisotopic (exact) mass is 183 g/mol. The standard InChI is InChI=1S/C13H13N/c1-11(2)12-7-3-4-8-13(12)14-9-5-6-10-14/h3-10H,1H2,2H3. The molecule has 0 bridgehead atoms. The molecule has 0 unspecified atom stereocenters. The van der Waals surface area contributed by atoms with Crippen LogP contribution in [0.4, 0.5) is 0 Å². The van der Waals surface area contributed by atoms with Crippen molar-refractivity contribution < 1.29 is 0 Å². The topological polar surface area (TPSA) is 4.93 Å². The largest absolute Gasteiger partial charge is 0.323 e. The summed E-state index contributed by atoms with van der Waals surface area (Å²) in [7, 11) is 0. The molecule has 14 heavy (non-hydrogen) atoms. The Hall–Kier alpha value is -1.76. The van der Waals surface area contributed by atoms with Crippen LogP contribution in [0.15, 0.2) is 55.4 Å². The van der Waals surface area contributed by atoms with Crippen molar-refractivity contribution in [1.29, 1.82) is 0 Å². The van der Waals surface area contributed by atoms with Gasteiger partial charge in [0.2, 0.25) is 0 Å². The average Bonchev–Trinajstić information content (AvgIpc) is 2.70. The molecule has 0 N–H and O–H groups in total. The Bertz CT molecular complexity index is 438. The number of rotatable bonds is 2. The van der Waals surface area contributed by atoms with Crippen LogP contribution < -0.4 is 0 Å². The summed E-state index contributed by atoms with van der Waals surface area (Å²) >= 11 is 0. The summed E-state index contributed by atoms with van der Waals surface area (Å²) < 4.78 is 2.10. The predicted octanol–water partition coefficient (Wildman–Crippen LogP) is 3.51. The van der Waals surface area contributed by atoms with Gasteiger partial charge < -0.3 is 4.57 Å². The van der Waals surface area contributed by atoms with E-state index >= 15 is 0 Å². The van der Waals surface area contributed by atoms with Crippen LogP contribution in [0, 0.1) is 0 Å². The molecule has 0 saturated heterocycles. The lowest BCUT2D eigenvalue weighted by atomic mass is 10.1. The lowest BCUT2D eigenvalue weighted by Gasteiger charge is -2.09. The second kappa shape index (κ2) is 3.54. The van der Waals surface area contributed by atoms with E-state index in [-0.39, 0.29) is 0 Å². The van der Waals surface area contributed by atoms with E-state index in [0.29, 0.717) is 0 Å². The summed E-state index contributed by atoms with van der Waals surface area (Å²) in [5, 5.41) is 0. The summed E-state index contributed by atoms with van der Waals surface area (Å²) in [5.41, 5.74) is 3.48. The van der Waals surface area contributed by atoms with Gasteiger partial charge in [0, 0.05) is 18.0 Å². The van der Waals surface area contributed by atoms with Gasteiger partial charge in [0.25, 0.3) is 0 Å². The molecule has 0 radical (unpaired) electrons. The average molecular weight is 183 g/mol. The molecule has 2 rings (SSSR count). The molecule has 2 aromatic rings. The first-order valence-corrected chi connectivity index (χ1v) is 4.67. The van der Waals surface area contributed by atoms with Gasteiger partial charge in [-0.2, -0.15) is 0 Å². The lowest BCUT2D eigenvalue weighted by Crippen LogP contribution is -1.94. The maximum absolute atomic E-state index is 3.98. The molecular weight excluding hydrogens is 170 g/mol. The van der Waals surface area contributed by atoms with Crippen molar-refractivity contribution in [3.63, 3.8) is 0 Å². The maximum atomic E-state index is 3.98. The highest BCUT2D eigenvalue weighted by atomic mass is 14.9. The van der Waals surface area contributed by atoms with Crippen molar-refractivity contribution in [1.82, 2.24) is 4.57 Å². The normalized spacial score (nSPS) is 10.1. The molecule has 0 aliphatic carbocycles. The molecule has 1 heterocycles.